The number of aryl methyl sites for hydroxylation is 1. The normalized spacial score (nSPS) is 9.94. The quantitative estimate of drug-likeness (QED) is 0.436. The number of halogens is 1. The van der Waals surface area contributed by atoms with Crippen LogP contribution in [0.4, 0.5) is 11.4 Å². The number of hydrogen-bond donors (Lipinski definition) is 1. The molecule has 2 amide bonds. The van der Waals surface area contributed by atoms with Gasteiger partial charge in [-0.25, -0.2) is 4.79 Å². The Kier molecular flexibility index (Phi) is 7.40. The number of hydrogen-bond acceptors (Lipinski definition) is 4. The summed E-state index contributed by atoms with van der Waals surface area (Å²) in [5.74, 6) is 4.84. The molecule has 0 spiro atoms. The van der Waals surface area contributed by atoms with E-state index in [1.165, 1.54) is 18.0 Å². The predicted molar refractivity (Wildman–Crippen MR) is 121 cm³/mol. The molecular weight excluding hydrogens is 420 g/mol. The Morgan fingerprint density at radius 2 is 1.94 bits per heavy atom. The smallest absolute Gasteiger partial charge is 0.315 e. The van der Waals surface area contributed by atoms with Gasteiger partial charge < -0.3 is 10.2 Å². The molecule has 0 aliphatic carbocycles. The largest absolute Gasteiger partial charge is 0.332 e. The number of carbonyl (C=O) groups is 2. The van der Waals surface area contributed by atoms with Gasteiger partial charge in [-0.15, -0.1) is 0 Å². The van der Waals surface area contributed by atoms with Gasteiger partial charge in [0.05, 0.1) is 6.54 Å². The van der Waals surface area contributed by atoms with Gasteiger partial charge in [0.1, 0.15) is 10.8 Å². The molecule has 1 heterocycles. The molecule has 8 nitrogen and oxygen atoms in total. The predicted octanol–water partition coefficient (Wildman–Crippen LogP) is 1.83. The van der Waals surface area contributed by atoms with E-state index in [0.29, 0.717) is 11.3 Å². The maximum Gasteiger partial charge on any atom is 0.332 e. The summed E-state index contributed by atoms with van der Waals surface area (Å²) in [5.41, 5.74) is 0.497. The third-order valence-electron chi connectivity index (χ3n) is 4.46. The minimum Gasteiger partial charge on any atom is -0.315 e. The highest BCUT2D eigenvalue weighted by Crippen LogP contribution is 2.21. The lowest BCUT2D eigenvalue weighted by atomic mass is 10.1. The van der Waals surface area contributed by atoms with Crippen molar-refractivity contribution in [2.75, 3.05) is 17.3 Å². The fraction of sp³-hybridized carbons (Fsp3) is 0.182. The van der Waals surface area contributed by atoms with Gasteiger partial charge >= 0.3 is 5.69 Å². The van der Waals surface area contributed by atoms with Crippen LogP contribution in [0, 0.1) is 18.8 Å². The van der Waals surface area contributed by atoms with Crippen molar-refractivity contribution in [3.05, 3.63) is 80.6 Å². The summed E-state index contributed by atoms with van der Waals surface area (Å²) in [5, 5.41) is 2.07. The van der Waals surface area contributed by atoms with Gasteiger partial charge in [-0.3, -0.25) is 23.5 Å². The number of nitrogens with one attached hydrogen (secondary N) is 1. The van der Waals surface area contributed by atoms with E-state index < -0.39 is 17.2 Å². The molecule has 0 unspecified atom stereocenters. The number of nitrogens with zero attached hydrogens (tertiary/aromatic N) is 3. The molecule has 0 atom stereocenters. The molecule has 1 aromatic carbocycles. The van der Waals surface area contributed by atoms with Crippen LogP contribution in [0.3, 0.4) is 0 Å². The van der Waals surface area contributed by atoms with Gasteiger partial charge in [0, 0.05) is 25.3 Å². The third-order valence-corrected chi connectivity index (χ3v) is 4.85. The summed E-state index contributed by atoms with van der Waals surface area (Å²) >= 11 is 6.19. The summed E-state index contributed by atoms with van der Waals surface area (Å²) in [6.45, 7) is 8.53. The van der Waals surface area contributed by atoms with Crippen molar-refractivity contribution >= 4 is 34.8 Å². The molecule has 0 bridgehead atoms. The van der Waals surface area contributed by atoms with Crippen molar-refractivity contribution in [1.29, 1.82) is 0 Å². The van der Waals surface area contributed by atoms with Crippen LogP contribution in [-0.2, 0) is 23.2 Å². The van der Waals surface area contributed by atoms with Gasteiger partial charge in [0.15, 0.2) is 0 Å². The van der Waals surface area contributed by atoms with Crippen LogP contribution in [-0.4, -0.2) is 28.0 Å². The molecule has 2 rings (SSSR count). The Bertz CT molecular complexity index is 1260. The second-order valence-corrected chi connectivity index (χ2v) is 6.85. The van der Waals surface area contributed by atoms with Crippen LogP contribution in [0.1, 0.15) is 11.1 Å². The van der Waals surface area contributed by atoms with E-state index >= 15 is 0 Å². The van der Waals surface area contributed by atoms with E-state index in [1.807, 2.05) is 13.0 Å². The number of anilines is 2. The summed E-state index contributed by atoms with van der Waals surface area (Å²) in [6.07, 6.45) is 2.20. The molecule has 0 saturated carbocycles. The minimum atomic E-state index is -0.743. The Morgan fingerprint density at radius 3 is 2.55 bits per heavy atom. The number of rotatable bonds is 5. The highest BCUT2D eigenvalue weighted by atomic mass is 35.5. The van der Waals surface area contributed by atoms with E-state index in [1.54, 1.807) is 19.2 Å². The molecular formula is C22H21ClN4O4. The first kappa shape index (κ1) is 23.4. The average Bonchev–Trinajstić information content (AvgIpc) is 2.77. The molecule has 0 fully saturated rings. The van der Waals surface area contributed by atoms with Crippen LogP contribution < -0.4 is 21.5 Å². The Morgan fingerprint density at radius 1 is 1.26 bits per heavy atom. The fourth-order valence-corrected chi connectivity index (χ4v) is 2.94. The van der Waals surface area contributed by atoms with Gasteiger partial charge in [0.25, 0.3) is 5.56 Å². The summed E-state index contributed by atoms with van der Waals surface area (Å²) in [6, 6.07) is 5.34. The monoisotopic (exact) mass is 440 g/mol. The molecule has 0 radical (unpaired) electrons. The highest BCUT2D eigenvalue weighted by molar-refractivity contribution is 6.32. The molecule has 0 saturated heterocycles. The minimum absolute atomic E-state index is 0.132. The number of amides is 2. The Balaban J connectivity index is 2.43. The van der Waals surface area contributed by atoms with E-state index in [-0.39, 0.29) is 23.3 Å². The lowest BCUT2D eigenvalue weighted by Crippen LogP contribution is -2.40. The molecule has 0 aliphatic rings. The maximum atomic E-state index is 12.4. The van der Waals surface area contributed by atoms with Gasteiger partial charge in [-0.1, -0.05) is 42.7 Å². The van der Waals surface area contributed by atoms with Gasteiger partial charge in [-0.2, -0.15) is 0 Å². The van der Waals surface area contributed by atoms with Crippen molar-refractivity contribution in [1.82, 2.24) is 9.13 Å². The standard InChI is InChI=1S/C22H21ClN4O4/c1-6-17(28)24-19-20(23)27(22(31)26(5)21(19)30)12-8-9-15-11-10-14(3)16(13-15)25(4)18(29)7-2/h6-7,10-11,13H,1-2,12H2,3-5H3,(H,24,28). The zero-order chi connectivity index (χ0) is 23.3. The first-order valence-corrected chi connectivity index (χ1v) is 9.42. The molecule has 1 N–H and O–H groups in total. The molecule has 2 aromatic rings. The molecule has 160 valence electrons. The van der Waals surface area contributed by atoms with Crippen LogP contribution in [0.2, 0.25) is 5.15 Å². The number of carbonyl (C=O) groups excluding carboxylic acids is 2. The molecule has 31 heavy (non-hydrogen) atoms. The molecule has 1 aromatic heterocycles. The zero-order valence-electron chi connectivity index (χ0n) is 17.4. The molecule has 0 aliphatic heterocycles. The van der Waals surface area contributed by atoms with Crippen molar-refractivity contribution in [3.63, 3.8) is 0 Å². The van der Waals surface area contributed by atoms with Crippen LogP contribution in [0.25, 0.3) is 0 Å². The zero-order valence-corrected chi connectivity index (χ0v) is 18.1. The number of benzene rings is 1. The van der Waals surface area contributed by atoms with E-state index in [2.05, 4.69) is 30.3 Å². The second-order valence-electron chi connectivity index (χ2n) is 6.50. The van der Waals surface area contributed by atoms with Crippen molar-refractivity contribution in [2.45, 2.75) is 13.5 Å². The SMILES string of the molecule is C=CC(=O)Nc1c(Cl)n(CC#Cc2ccc(C)c(N(C)C(=O)C=C)c2)c(=O)n(C)c1=O. The highest BCUT2D eigenvalue weighted by Gasteiger charge is 2.17. The lowest BCUT2D eigenvalue weighted by Gasteiger charge is -2.18. The summed E-state index contributed by atoms with van der Waals surface area (Å²) in [4.78, 5) is 49.6. The average molecular weight is 441 g/mol. The molecule has 9 heteroatoms. The van der Waals surface area contributed by atoms with Gasteiger partial charge in [0.2, 0.25) is 11.8 Å². The van der Waals surface area contributed by atoms with Crippen molar-refractivity contribution in [2.24, 2.45) is 7.05 Å². The van der Waals surface area contributed by atoms with Gasteiger partial charge in [-0.05, 0) is 36.8 Å². The van der Waals surface area contributed by atoms with Crippen LogP contribution in [0.15, 0.2) is 53.1 Å². The first-order chi connectivity index (χ1) is 14.6. The second kappa shape index (κ2) is 9.78. The Hall–Kier alpha value is -3.83. The summed E-state index contributed by atoms with van der Waals surface area (Å²) in [7, 11) is 2.90. The fourth-order valence-electron chi connectivity index (χ4n) is 2.68. The third kappa shape index (κ3) is 5.02. The van der Waals surface area contributed by atoms with E-state index in [0.717, 1.165) is 20.8 Å². The van der Waals surface area contributed by atoms with E-state index in [4.69, 9.17) is 11.6 Å². The first-order valence-electron chi connectivity index (χ1n) is 9.04. The Labute approximate surface area is 184 Å². The van der Waals surface area contributed by atoms with Crippen LogP contribution in [0.5, 0.6) is 0 Å². The van der Waals surface area contributed by atoms with Crippen molar-refractivity contribution < 1.29 is 9.59 Å². The topological polar surface area (TPSA) is 93.4 Å². The maximum absolute atomic E-state index is 12.4. The number of likely N-dealkylation sites (N-methyl/N-ethyl adjacent to an activating group) is 1. The lowest BCUT2D eigenvalue weighted by molar-refractivity contribution is -0.114. The van der Waals surface area contributed by atoms with Crippen LogP contribution >= 0.6 is 11.6 Å². The number of aromatic nitrogens is 2. The summed E-state index contributed by atoms with van der Waals surface area (Å²) < 4.78 is 1.89. The van der Waals surface area contributed by atoms with Crippen molar-refractivity contribution in [3.8, 4) is 11.8 Å². The van der Waals surface area contributed by atoms with E-state index in [9.17, 15) is 19.2 Å².